The Kier molecular flexibility index (Phi) is 9.62. The fourth-order valence-corrected chi connectivity index (χ4v) is 4.65. The van der Waals surface area contributed by atoms with E-state index in [0.717, 1.165) is 38.9 Å². The van der Waals surface area contributed by atoms with Crippen LogP contribution in [0.2, 0.25) is 0 Å². The van der Waals surface area contributed by atoms with Gasteiger partial charge >= 0.3 is 6.03 Å². The number of carbonyl (C=O) groups excluding carboxylic acids is 2. The minimum Gasteiger partial charge on any atom is -0.396 e. The van der Waals surface area contributed by atoms with E-state index in [0.29, 0.717) is 19.4 Å². The molecule has 0 spiro atoms. The van der Waals surface area contributed by atoms with Crippen molar-refractivity contribution in [1.29, 1.82) is 0 Å². The molecule has 7 heteroatoms. The molecule has 1 aliphatic heterocycles. The highest BCUT2D eigenvalue weighted by Crippen LogP contribution is 2.20. The molecule has 3 amide bonds. The molecule has 1 aliphatic carbocycles. The molecule has 2 aliphatic rings. The number of urea groups is 1. The van der Waals surface area contributed by atoms with E-state index in [1.807, 2.05) is 18.2 Å². The summed E-state index contributed by atoms with van der Waals surface area (Å²) in [4.78, 5) is 26.8. The summed E-state index contributed by atoms with van der Waals surface area (Å²) in [7, 11) is 0. The van der Waals surface area contributed by atoms with Crippen molar-refractivity contribution < 1.29 is 14.7 Å². The highest BCUT2D eigenvalue weighted by molar-refractivity contribution is 5.76. The summed E-state index contributed by atoms with van der Waals surface area (Å²) in [6, 6.07) is 10.4. The maximum Gasteiger partial charge on any atom is 0.315 e. The highest BCUT2D eigenvalue weighted by Gasteiger charge is 2.29. The zero-order chi connectivity index (χ0) is 21.9. The number of rotatable bonds is 9. The molecule has 1 heterocycles. The maximum absolute atomic E-state index is 12.5. The Hall–Kier alpha value is -2.12. The van der Waals surface area contributed by atoms with Gasteiger partial charge in [-0.15, -0.1) is 0 Å². The van der Waals surface area contributed by atoms with E-state index in [1.165, 1.54) is 24.8 Å². The molecule has 0 aromatic heterocycles. The first kappa shape index (κ1) is 23.5. The maximum atomic E-state index is 12.5. The van der Waals surface area contributed by atoms with Crippen LogP contribution >= 0.6 is 0 Å². The number of nitrogens with zero attached hydrogens (tertiary/aromatic N) is 1. The number of hydrogen-bond donors (Lipinski definition) is 4. The first-order valence-corrected chi connectivity index (χ1v) is 11.8. The highest BCUT2D eigenvalue weighted by atomic mass is 16.3. The largest absolute Gasteiger partial charge is 0.396 e. The van der Waals surface area contributed by atoms with Crippen molar-refractivity contribution in [3.05, 3.63) is 35.9 Å². The molecule has 2 atom stereocenters. The molecule has 3 rings (SSSR count). The Bertz CT molecular complexity index is 679. The van der Waals surface area contributed by atoms with Gasteiger partial charge in [-0.2, -0.15) is 0 Å². The molecule has 1 aromatic carbocycles. The van der Waals surface area contributed by atoms with Crippen LogP contribution in [0.15, 0.2) is 30.3 Å². The lowest BCUT2D eigenvalue weighted by atomic mass is 9.91. The Morgan fingerprint density at radius 3 is 2.55 bits per heavy atom. The third-order valence-corrected chi connectivity index (χ3v) is 6.48. The van der Waals surface area contributed by atoms with E-state index in [9.17, 15) is 14.7 Å². The van der Waals surface area contributed by atoms with Gasteiger partial charge in [-0.25, -0.2) is 4.79 Å². The van der Waals surface area contributed by atoms with Gasteiger partial charge in [0.25, 0.3) is 0 Å². The van der Waals surface area contributed by atoms with Gasteiger partial charge in [0, 0.05) is 50.7 Å². The third kappa shape index (κ3) is 8.15. The first-order valence-electron chi connectivity index (χ1n) is 11.8. The van der Waals surface area contributed by atoms with Gasteiger partial charge < -0.3 is 21.1 Å². The number of aliphatic hydroxyl groups is 1. The molecule has 0 unspecified atom stereocenters. The van der Waals surface area contributed by atoms with Gasteiger partial charge in [-0.3, -0.25) is 9.69 Å². The Balaban J connectivity index is 1.35. The second-order valence-electron chi connectivity index (χ2n) is 8.96. The summed E-state index contributed by atoms with van der Waals surface area (Å²) in [5, 5.41) is 18.7. The summed E-state index contributed by atoms with van der Waals surface area (Å²) in [5.74, 6) is 0.0786. The SMILES string of the molecule is O=C(CCCNC(=O)NC1CCCCC1)N[C@H]1CN(Cc2ccccc2)CC[C@H]1CO. The lowest BCUT2D eigenvalue weighted by molar-refractivity contribution is -0.122. The van der Waals surface area contributed by atoms with Crippen molar-refractivity contribution in [2.24, 2.45) is 5.92 Å². The van der Waals surface area contributed by atoms with Gasteiger partial charge in [0.15, 0.2) is 0 Å². The van der Waals surface area contributed by atoms with Crippen molar-refractivity contribution >= 4 is 11.9 Å². The molecule has 1 aromatic rings. The van der Waals surface area contributed by atoms with E-state index in [-0.39, 0.29) is 36.5 Å². The van der Waals surface area contributed by atoms with Crippen LogP contribution in [0.3, 0.4) is 0 Å². The topological polar surface area (TPSA) is 93.7 Å². The number of likely N-dealkylation sites (tertiary alicyclic amines) is 1. The predicted molar refractivity (Wildman–Crippen MR) is 121 cm³/mol. The number of hydrogen-bond acceptors (Lipinski definition) is 4. The summed E-state index contributed by atoms with van der Waals surface area (Å²) >= 11 is 0. The molecule has 1 saturated carbocycles. The molecule has 0 radical (unpaired) electrons. The minimum absolute atomic E-state index is 0.0144. The Labute approximate surface area is 186 Å². The molecular weight excluding hydrogens is 392 g/mol. The van der Waals surface area contributed by atoms with Crippen LogP contribution < -0.4 is 16.0 Å². The van der Waals surface area contributed by atoms with Crippen molar-refractivity contribution in [3.63, 3.8) is 0 Å². The fourth-order valence-electron chi connectivity index (χ4n) is 4.65. The summed E-state index contributed by atoms with van der Waals surface area (Å²) < 4.78 is 0. The van der Waals surface area contributed by atoms with E-state index in [4.69, 9.17) is 0 Å². The van der Waals surface area contributed by atoms with Gasteiger partial charge in [0.1, 0.15) is 0 Å². The zero-order valence-electron chi connectivity index (χ0n) is 18.5. The van der Waals surface area contributed by atoms with Crippen LogP contribution in [0.1, 0.15) is 56.9 Å². The Morgan fingerprint density at radius 1 is 1.03 bits per heavy atom. The quantitative estimate of drug-likeness (QED) is 0.453. The molecule has 1 saturated heterocycles. The van der Waals surface area contributed by atoms with E-state index < -0.39 is 0 Å². The van der Waals surface area contributed by atoms with Crippen LogP contribution in [0.4, 0.5) is 4.79 Å². The fraction of sp³-hybridized carbons (Fsp3) is 0.667. The van der Waals surface area contributed by atoms with Crippen LogP contribution in [-0.4, -0.2) is 60.3 Å². The molecule has 0 bridgehead atoms. The predicted octanol–water partition coefficient (Wildman–Crippen LogP) is 2.40. The number of nitrogens with one attached hydrogen (secondary N) is 3. The minimum atomic E-state index is -0.128. The van der Waals surface area contributed by atoms with Crippen LogP contribution in [-0.2, 0) is 11.3 Å². The standard InChI is InChI=1S/C24H38N4O3/c29-18-20-13-15-28(16-19-8-3-1-4-9-19)17-22(20)27-23(30)12-7-14-25-24(31)26-21-10-5-2-6-11-21/h1,3-4,8-9,20-22,29H,2,5-7,10-18H2,(H,27,30)(H2,25,26,31)/t20-,22-/m0/s1. The summed E-state index contributed by atoms with van der Waals surface area (Å²) in [5.41, 5.74) is 1.26. The van der Waals surface area contributed by atoms with Gasteiger partial charge in [0.2, 0.25) is 5.91 Å². The lowest BCUT2D eigenvalue weighted by Crippen LogP contribution is -2.53. The van der Waals surface area contributed by atoms with Crippen LogP contribution in [0, 0.1) is 5.92 Å². The van der Waals surface area contributed by atoms with Crippen molar-refractivity contribution in [2.45, 2.75) is 70.0 Å². The van der Waals surface area contributed by atoms with E-state index >= 15 is 0 Å². The molecule has 7 nitrogen and oxygen atoms in total. The van der Waals surface area contributed by atoms with Crippen molar-refractivity contribution in [1.82, 2.24) is 20.9 Å². The molecule has 2 fully saturated rings. The number of amides is 3. The van der Waals surface area contributed by atoms with Crippen LogP contribution in [0.5, 0.6) is 0 Å². The average Bonchev–Trinajstić information content (AvgIpc) is 2.78. The van der Waals surface area contributed by atoms with E-state index in [2.05, 4.69) is 33.0 Å². The molecule has 172 valence electrons. The summed E-state index contributed by atoms with van der Waals surface area (Å²) in [6.45, 7) is 3.10. The number of benzene rings is 1. The van der Waals surface area contributed by atoms with Crippen molar-refractivity contribution in [3.8, 4) is 0 Å². The summed E-state index contributed by atoms with van der Waals surface area (Å²) in [6.07, 6.45) is 7.60. The molecule has 4 N–H and O–H groups in total. The third-order valence-electron chi connectivity index (χ3n) is 6.48. The number of piperidine rings is 1. The Morgan fingerprint density at radius 2 is 1.81 bits per heavy atom. The monoisotopic (exact) mass is 430 g/mol. The average molecular weight is 431 g/mol. The second kappa shape index (κ2) is 12.7. The molecular formula is C24H38N4O3. The second-order valence-corrected chi connectivity index (χ2v) is 8.96. The van der Waals surface area contributed by atoms with E-state index in [1.54, 1.807) is 0 Å². The van der Waals surface area contributed by atoms with Gasteiger partial charge in [-0.05, 0) is 37.8 Å². The smallest absolute Gasteiger partial charge is 0.315 e. The molecule has 31 heavy (non-hydrogen) atoms. The first-order chi connectivity index (χ1) is 15.1. The number of aliphatic hydroxyl groups excluding tert-OH is 1. The van der Waals surface area contributed by atoms with Gasteiger partial charge in [0.05, 0.1) is 0 Å². The van der Waals surface area contributed by atoms with Crippen LogP contribution in [0.25, 0.3) is 0 Å². The lowest BCUT2D eigenvalue weighted by Gasteiger charge is -2.38. The van der Waals surface area contributed by atoms with Crippen molar-refractivity contribution in [2.75, 3.05) is 26.2 Å². The van der Waals surface area contributed by atoms with Gasteiger partial charge in [-0.1, -0.05) is 49.6 Å². The number of carbonyl (C=O) groups is 2. The zero-order valence-corrected chi connectivity index (χ0v) is 18.5. The normalized spacial score (nSPS) is 22.6.